The maximum atomic E-state index is 2.35. The van der Waals surface area contributed by atoms with E-state index < -0.39 is 0 Å². The van der Waals surface area contributed by atoms with Crippen molar-refractivity contribution in [2.75, 3.05) is 7.05 Å². The summed E-state index contributed by atoms with van der Waals surface area (Å²) in [5, 5.41) is 0. The third-order valence-corrected chi connectivity index (χ3v) is 3.79. The summed E-state index contributed by atoms with van der Waals surface area (Å²) in [6.45, 7) is 11.2. The standard InChI is InChI=1S/C21H33N.CH4/c1-7-8-9-11-19(14-13-18(2)3)22(6)20-12-10-16-21(4,5)17-15-20;/h9-12,14-18H,7-8,13H2,1-6H3;1H4/b11-9-,19-14+;. The van der Waals surface area contributed by atoms with Crippen LogP contribution < -0.4 is 0 Å². The molecule has 130 valence electrons. The molecule has 23 heavy (non-hydrogen) atoms. The van der Waals surface area contributed by atoms with Crippen molar-refractivity contribution in [1.29, 1.82) is 0 Å². The van der Waals surface area contributed by atoms with Gasteiger partial charge in [0.05, 0.1) is 0 Å². The molecular weight excluding hydrogens is 278 g/mol. The molecule has 0 aromatic carbocycles. The minimum Gasteiger partial charge on any atom is -0.345 e. The molecule has 1 rings (SSSR count). The van der Waals surface area contributed by atoms with Crippen LogP contribution in [0.3, 0.4) is 0 Å². The van der Waals surface area contributed by atoms with Crippen LogP contribution in [-0.2, 0) is 0 Å². The highest BCUT2D eigenvalue weighted by atomic mass is 15.1. The van der Waals surface area contributed by atoms with Crippen LogP contribution in [0.25, 0.3) is 0 Å². The van der Waals surface area contributed by atoms with Crippen molar-refractivity contribution in [3.05, 3.63) is 60.0 Å². The van der Waals surface area contributed by atoms with E-state index in [2.05, 4.69) is 95.2 Å². The van der Waals surface area contributed by atoms with E-state index in [0.29, 0.717) is 5.92 Å². The molecule has 0 amide bonds. The van der Waals surface area contributed by atoms with E-state index in [4.69, 9.17) is 0 Å². The van der Waals surface area contributed by atoms with Crippen molar-refractivity contribution in [3.63, 3.8) is 0 Å². The molecular formula is C22H37N. The summed E-state index contributed by atoms with van der Waals surface area (Å²) >= 11 is 0. The number of allylic oxidation sites excluding steroid dienone is 8. The third kappa shape index (κ3) is 8.06. The molecule has 0 N–H and O–H groups in total. The summed E-state index contributed by atoms with van der Waals surface area (Å²) in [6, 6.07) is 0. The minimum atomic E-state index is 0. The smallest absolute Gasteiger partial charge is 0.0405 e. The van der Waals surface area contributed by atoms with Gasteiger partial charge >= 0.3 is 0 Å². The Labute approximate surface area is 145 Å². The molecule has 0 fully saturated rings. The molecule has 0 saturated heterocycles. The first-order valence-corrected chi connectivity index (χ1v) is 8.55. The summed E-state index contributed by atoms with van der Waals surface area (Å²) < 4.78 is 0. The van der Waals surface area contributed by atoms with Gasteiger partial charge in [-0.2, -0.15) is 0 Å². The summed E-state index contributed by atoms with van der Waals surface area (Å²) in [6.07, 6.45) is 21.4. The van der Waals surface area contributed by atoms with Gasteiger partial charge < -0.3 is 4.90 Å². The zero-order valence-electron chi connectivity index (χ0n) is 15.3. The summed E-state index contributed by atoms with van der Waals surface area (Å²) in [7, 11) is 2.16. The quantitative estimate of drug-likeness (QED) is 0.463. The Morgan fingerprint density at radius 1 is 1.26 bits per heavy atom. The molecule has 0 bridgehead atoms. The van der Waals surface area contributed by atoms with Gasteiger partial charge in [-0.1, -0.05) is 78.8 Å². The van der Waals surface area contributed by atoms with Crippen LogP contribution in [0.5, 0.6) is 0 Å². The van der Waals surface area contributed by atoms with Crippen LogP contribution >= 0.6 is 0 Å². The molecule has 1 aliphatic rings. The molecule has 1 nitrogen and oxygen atoms in total. The van der Waals surface area contributed by atoms with Crippen LogP contribution in [0.1, 0.15) is 61.3 Å². The monoisotopic (exact) mass is 315 g/mol. The summed E-state index contributed by atoms with van der Waals surface area (Å²) in [4.78, 5) is 2.29. The van der Waals surface area contributed by atoms with Crippen LogP contribution in [0.15, 0.2) is 60.0 Å². The van der Waals surface area contributed by atoms with Gasteiger partial charge in [0.2, 0.25) is 0 Å². The van der Waals surface area contributed by atoms with Gasteiger partial charge in [-0.25, -0.2) is 0 Å². The molecule has 0 radical (unpaired) electrons. The van der Waals surface area contributed by atoms with E-state index in [-0.39, 0.29) is 12.8 Å². The van der Waals surface area contributed by atoms with E-state index >= 15 is 0 Å². The molecule has 0 aromatic rings. The predicted molar refractivity (Wildman–Crippen MR) is 106 cm³/mol. The molecule has 0 unspecified atom stereocenters. The highest BCUT2D eigenvalue weighted by Gasteiger charge is 2.13. The lowest BCUT2D eigenvalue weighted by Crippen LogP contribution is -2.15. The van der Waals surface area contributed by atoms with Crippen molar-refractivity contribution >= 4 is 0 Å². The molecule has 0 atom stereocenters. The van der Waals surface area contributed by atoms with E-state index in [1.807, 2.05) is 0 Å². The zero-order chi connectivity index (χ0) is 16.6. The number of likely N-dealkylation sites (N-methyl/N-ethyl adjacent to an activating group) is 1. The van der Waals surface area contributed by atoms with E-state index in [0.717, 1.165) is 12.8 Å². The van der Waals surface area contributed by atoms with Crippen LogP contribution in [-0.4, -0.2) is 11.9 Å². The average Bonchev–Trinajstić information content (AvgIpc) is 2.62. The second-order valence-electron chi connectivity index (χ2n) is 7.11. The molecule has 0 saturated carbocycles. The second-order valence-corrected chi connectivity index (χ2v) is 7.11. The zero-order valence-corrected chi connectivity index (χ0v) is 15.3. The van der Waals surface area contributed by atoms with E-state index in [9.17, 15) is 0 Å². The third-order valence-electron chi connectivity index (χ3n) is 3.79. The molecule has 1 heteroatoms. The van der Waals surface area contributed by atoms with Gasteiger partial charge in [0.25, 0.3) is 0 Å². The average molecular weight is 316 g/mol. The van der Waals surface area contributed by atoms with Crippen molar-refractivity contribution in [1.82, 2.24) is 4.90 Å². The van der Waals surface area contributed by atoms with E-state index in [1.165, 1.54) is 17.8 Å². The van der Waals surface area contributed by atoms with Crippen molar-refractivity contribution < 1.29 is 0 Å². The Kier molecular flexibility index (Phi) is 9.64. The van der Waals surface area contributed by atoms with Crippen molar-refractivity contribution in [3.8, 4) is 0 Å². The van der Waals surface area contributed by atoms with Crippen LogP contribution in [0, 0.1) is 11.3 Å². The lowest BCUT2D eigenvalue weighted by molar-refractivity contribution is 0.541. The maximum absolute atomic E-state index is 2.35. The lowest BCUT2D eigenvalue weighted by Gasteiger charge is -2.22. The Balaban J connectivity index is 0.00000484. The topological polar surface area (TPSA) is 3.24 Å². The van der Waals surface area contributed by atoms with Gasteiger partial charge in [-0.05, 0) is 37.0 Å². The minimum absolute atomic E-state index is 0. The first-order chi connectivity index (χ1) is 10.4. The van der Waals surface area contributed by atoms with Gasteiger partial charge in [0.15, 0.2) is 0 Å². The number of hydrogen-bond acceptors (Lipinski definition) is 1. The highest BCUT2D eigenvalue weighted by Crippen LogP contribution is 2.25. The molecule has 0 heterocycles. The van der Waals surface area contributed by atoms with Crippen LogP contribution in [0.2, 0.25) is 0 Å². The van der Waals surface area contributed by atoms with Gasteiger partial charge in [-0.15, -0.1) is 0 Å². The Hall–Kier alpha value is -1.50. The number of hydrogen-bond donors (Lipinski definition) is 0. The van der Waals surface area contributed by atoms with Crippen molar-refractivity contribution in [2.45, 2.75) is 61.3 Å². The van der Waals surface area contributed by atoms with Crippen molar-refractivity contribution in [2.24, 2.45) is 11.3 Å². The SMILES string of the molecule is C.CCC/C=C\C(=C/CC(C)C)N(C)C1=CC=CC(C)(C)C=C1. The normalized spacial score (nSPS) is 17.2. The van der Waals surface area contributed by atoms with E-state index in [1.54, 1.807) is 0 Å². The lowest BCUT2D eigenvalue weighted by atomic mass is 9.93. The van der Waals surface area contributed by atoms with Crippen LogP contribution in [0.4, 0.5) is 0 Å². The summed E-state index contributed by atoms with van der Waals surface area (Å²) in [5.41, 5.74) is 2.64. The highest BCUT2D eigenvalue weighted by molar-refractivity contribution is 5.34. The fourth-order valence-corrected chi connectivity index (χ4v) is 2.22. The number of rotatable bonds is 7. The fourth-order valence-electron chi connectivity index (χ4n) is 2.22. The molecule has 0 aliphatic heterocycles. The Morgan fingerprint density at radius 2 is 1.96 bits per heavy atom. The van der Waals surface area contributed by atoms with Gasteiger partial charge in [-0.3, -0.25) is 0 Å². The summed E-state index contributed by atoms with van der Waals surface area (Å²) in [5.74, 6) is 0.681. The Bertz CT molecular complexity index is 484. The molecule has 0 aromatic heterocycles. The number of nitrogens with zero attached hydrogens (tertiary/aromatic N) is 1. The first kappa shape index (κ1) is 21.5. The maximum Gasteiger partial charge on any atom is 0.0405 e. The number of unbranched alkanes of at least 4 members (excludes halogenated alkanes) is 1. The molecule has 1 aliphatic carbocycles. The molecule has 0 spiro atoms. The first-order valence-electron chi connectivity index (χ1n) is 8.55. The largest absolute Gasteiger partial charge is 0.345 e. The van der Waals surface area contributed by atoms with Gasteiger partial charge in [0, 0.05) is 23.9 Å². The van der Waals surface area contributed by atoms with Gasteiger partial charge in [0.1, 0.15) is 0 Å². The fraction of sp³-hybridized carbons (Fsp3) is 0.545. The Morgan fingerprint density at radius 3 is 2.57 bits per heavy atom. The second kappa shape index (κ2) is 10.3. The predicted octanol–water partition coefficient (Wildman–Crippen LogP) is 6.88.